The fraction of sp³-hybridized carbons (Fsp3) is 0.158. The van der Waals surface area contributed by atoms with Gasteiger partial charge >= 0.3 is 0 Å². The fourth-order valence-corrected chi connectivity index (χ4v) is 2.60. The summed E-state index contributed by atoms with van der Waals surface area (Å²) in [6, 6.07) is 16.3. The van der Waals surface area contributed by atoms with Crippen molar-refractivity contribution in [3.63, 3.8) is 0 Å². The van der Waals surface area contributed by atoms with Crippen LogP contribution in [0.1, 0.15) is 24.5 Å². The number of halogens is 1. The highest BCUT2D eigenvalue weighted by Crippen LogP contribution is 2.31. The Morgan fingerprint density at radius 3 is 2.40 bits per heavy atom. The third-order valence-corrected chi connectivity index (χ3v) is 3.96. The largest absolute Gasteiger partial charge is 0.363 e. The van der Waals surface area contributed by atoms with E-state index in [9.17, 15) is 5.11 Å². The van der Waals surface area contributed by atoms with Crippen molar-refractivity contribution in [3.8, 4) is 28.7 Å². The minimum Gasteiger partial charge on any atom is -0.363 e. The molecule has 2 N–H and O–H groups in total. The van der Waals surface area contributed by atoms with Crippen molar-refractivity contribution >= 4 is 11.6 Å². The molecule has 0 spiro atoms. The van der Waals surface area contributed by atoms with Crippen molar-refractivity contribution in [2.24, 2.45) is 0 Å². The van der Waals surface area contributed by atoms with Gasteiger partial charge in [0.2, 0.25) is 0 Å². The number of hydrogen-bond acceptors (Lipinski definition) is 4. The topological polar surface area (TPSA) is 81.9 Å². The second kappa shape index (κ2) is 7.49. The van der Waals surface area contributed by atoms with E-state index in [1.165, 1.54) is 0 Å². The summed E-state index contributed by atoms with van der Waals surface area (Å²) in [4.78, 5) is 7.75. The molecule has 0 saturated carbocycles. The van der Waals surface area contributed by atoms with Gasteiger partial charge in [0.05, 0.1) is 23.0 Å². The maximum atomic E-state index is 10.3. The Labute approximate surface area is 150 Å². The van der Waals surface area contributed by atoms with Gasteiger partial charge in [-0.05, 0) is 43.3 Å². The van der Waals surface area contributed by atoms with Crippen LogP contribution in [0.5, 0.6) is 0 Å². The third kappa shape index (κ3) is 3.72. The van der Waals surface area contributed by atoms with E-state index < -0.39 is 6.29 Å². The SMILES string of the molecule is CCOC(O)c1[nH]c(-c2ccc(C#N)cc2)nc1-c1ccc(Cl)cc1. The van der Waals surface area contributed by atoms with Crippen LogP contribution in [0.2, 0.25) is 5.02 Å². The third-order valence-electron chi connectivity index (χ3n) is 3.71. The minimum atomic E-state index is -1.12. The number of hydrogen-bond donors (Lipinski definition) is 2. The lowest BCUT2D eigenvalue weighted by Crippen LogP contribution is -2.04. The predicted molar refractivity (Wildman–Crippen MR) is 95.8 cm³/mol. The number of nitrogens with zero attached hydrogens (tertiary/aromatic N) is 2. The predicted octanol–water partition coefficient (Wildman–Crippen LogP) is 4.30. The second-order valence-electron chi connectivity index (χ2n) is 5.35. The highest BCUT2D eigenvalue weighted by Gasteiger charge is 2.20. The van der Waals surface area contributed by atoms with Crippen LogP contribution in [0.4, 0.5) is 0 Å². The Balaban J connectivity index is 2.07. The van der Waals surface area contributed by atoms with Gasteiger partial charge in [-0.1, -0.05) is 23.7 Å². The highest BCUT2D eigenvalue weighted by molar-refractivity contribution is 6.30. The molecule has 3 aromatic rings. The summed E-state index contributed by atoms with van der Waals surface area (Å²) in [5.41, 5.74) is 3.27. The number of imidazole rings is 1. The average Bonchev–Trinajstić information content (AvgIpc) is 3.08. The van der Waals surface area contributed by atoms with Crippen LogP contribution < -0.4 is 0 Å². The number of aromatic nitrogens is 2. The molecule has 1 aromatic heterocycles. The van der Waals surface area contributed by atoms with E-state index in [-0.39, 0.29) is 0 Å². The fourth-order valence-electron chi connectivity index (χ4n) is 2.47. The Hall–Kier alpha value is -2.65. The Morgan fingerprint density at radius 1 is 1.16 bits per heavy atom. The van der Waals surface area contributed by atoms with E-state index in [0.717, 1.165) is 11.1 Å². The zero-order chi connectivity index (χ0) is 17.8. The van der Waals surface area contributed by atoms with Gasteiger partial charge in [-0.25, -0.2) is 4.98 Å². The Kier molecular flexibility index (Phi) is 5.15. The molecule has 1 unspecified atom stereocenters. The summed E-state index contributed by atoms with van der Waals surface area (Å²) < 4.78 is 5.31. The van der Waals surface area contributed by atoms with Crippen LogP contribution in [0.25, 0.3) is 22.6 Å². The van der Waals surface area contributed by atoms with E-state index >= 15 is 0 Å². The Bertz CT molecular complexity index is 896. The molecule has 25 heavy (non-hydrogen) atoms. The van der Waals surface area contributed by atoms with Crippen molar-refractivity contribution in [3.05, 3.63) is 64.8 Å². The van der Waals surface area contributed by atoms with E-state index in [1.54, 1.807) is 36.4 Å². The van der Waals surface area contributed by atoms with Crippen LogP contribution in [-0.4, -0.2) is 21.7 Å². The molecule has 1 heterocycles. The number of benzene rings is 2. The summed E-state index contributed by atoms with van der Waals surface area (Å²) in [6.45, 7) is 2.18. The number of nitriles is 1. The molecule has 126 valence electrons. The highest BCUT2D eigenvalue weighted by atomic mass is 35.5. The molecular formula is C19H16ClN3O2. The van der Waals surface area contributed by atoms with Gasteiger partial charge in [-0.15, -0.1) is 0 Å². The van der Waals surface area contributed by atoms with Crippen molar-refractivity contribution in [2.75, 3.05) is 6.61 Å². The lowest BCUT2D eigenvalue weighted by atomic mass is 10.1. The van der Waals surface area contributed by atoms with E-state index in [4.69, 9.17) is 21.6 Å². The summed E-state index contributed by atoms with van der Waals surface area (Å²) in [6.07, 6.45) is -1.12. The van der Waals surface area contributed by atoms with Gasteiger partial charge in [-0.3, -0.25) is 0 Å². The molecule has 0 radical (unpaired) electrons. The van der Waals surface area contributed by atoms with Gasteiger partial charge in [0.1, 0.15) is 5.82 Å². The second-order valence-corrected chi connectivity index (χ2v) is 5.79. The van der Waals surface area contributed by atoms with E-state index in [0.29, 0.717) is 34.4 Å². The first-order valence-corrected chi connectivity index (χ1v) is 8.16. The number of aromatic amines is 1. The molecule has 5 nitrogen and oxygen atoms in total. The molecule has 6 heteroatoms. The molecule has 1 atom stereocenters. The van der Waals surface area contributed by atoms with Gasteiger partial charge in [-0.2, -0.15) is 5.26 Å². The molecule has 2 aromatic carbocycles. The molecule has 3 rings (SSSR count). The molecule has 0 aliphatic heterocycles. The normalized spacial score (nSPS) is 11.9. The first kappa shape index (κ1) is 17.2. The first-order valence-electron chi connectivity index (χ1n) is 7.78. The monoisotopic (exact) mass is 353 g/mol. The van der Waals surface area contributed by atoms with Gasteiger partial charge in [0, 0.05) is 22.8 Å². The van der Waals surface area contributed by atoms with E-state index in [2.05, 4.69) is 16.0 Å². The van der Waals surface area contributed by atoms with Crippen molar-refractivity contribution < 1.29 is 9.84 Å². The van der Waals surface area contributed by atoms with E-state index in [1.807, 2.05) is 19.1 Å². The van der Waals surface area contributed by atoms with Crippen LogP contribution in [0, 0.1) is 11.3 Å². The quantitative estimate of drug-likeness (QED) is 0.670. The molecule has 0 amide bonds. The number of nitrogens with one attached hydrogen (secondary N) is 1. The molecule has 0 saturated heterocycles. The number of aliphatic hydroxyl groups is 1. The lowest BCUT2D eigenvalue weighted by molar-refractivity contribution is -0.1000. The Morgan fingerprint density at radius 2 is 1.80 bits per heavy atom. The molecule has 0 aliphatic carbocycles. The standard InChI is InChI=1S/C19H16ClN3O2/c1-2-25-19(24)17-16(13-7-9-15(20)10-8-13)22-18(23-17)14-5-3-12(11-21)4-6-14/h3-10,19,24H,2H2,1H3,(H,22,23). The zero-order valence-corrected chi connectivity index (χ0v) is 14.3. The molecule has 0 bridgehead atoms. The number of aliphatic hydroxyl groups excluding tert-OH is 1. The summed E-state index contributed by atoms with van der Waals surface area (Å²) in [5, 5.41) is 19.8. The first-order chi connectivity index (χ1) is 12.1. The van der Waals surface area contributed by atoms with Crippen LogP contribution in [0.15, 0.2) is 48.5 Å². The van der Waals surface area contributed by atoms with Crippen molar-refractivity contribution in [2.45, 2.75) is 13.2 Å². The molecule has 0 aliphatic rings. The molecular weight excluding hydrogens is 338 g/mol. The number of ether oxygens (including phenoxy) is 1. The van der Waals surface area contributed by atoms with Gasteiger partial charge in [0.25, 0.3) is 0 Å². The number of H-pyrrole nitrogens is 1. The maximum Gasteiger partial charge on any atom is 0.198 e. The van der Waals surface area contributed by atoms with Crippen molar-refractivity contribution in [1.29, 1.82) is 5.26 Å². The zero-order valence-electron chi connectivity index (χ0n) is 13.5. The van der Waals surface area contributed by atoms with Gasteiger partial charge < -0.3 is 14.8 Å². The maximum absolute atomic E-state index is 10.3. The number of rotatable bonds is 5. The van der Waals surface area contributed by atoms with Crippen LogP contribution >= 0.6 is 11.6 Å². The summed E-state index contributed by atoms with van der Waals surface area (Å²) >= 11 is 5.95. The van der Waals surface area contributed by atoms with Crippen LogP contribution in [-0.2, 0) is 4.74 Å². The van der Waals surface area contributed by atoms with Crippen molar-refractivity contribution in [1.82, 2.24) is 9.97 Å². The summed E-state index contributed by atoms with van der Waals surface area (Å²) in [5.74, 6) is 0.586. The average molecular weight is 354 g/mol. The lowest BCUT2D eigenvalue weighted by Gasteiger charge is -2.10. The molecule has 0 fully saturated rings. The van der Waals surface area contributed by atoms with Gasteiger partial charge in [0.15, 0.2) is 6.29 Å². The minimum absolute atomic E-state index is 0.368. The smallest absolute Gasteiger partial charge is 0.198 e. The van der Waals surface area contributed by atoms with Crippen LogP contribution in [0.3, 0.4) is 0 Å². The summed E-state index contributed by atoms with van der Waals surface area (Å²) in [7, 11) is 0.